The first kappa shape index (κ1) is 14.3. The number of hydrogen-bond acceptors (Lipinski definition) is 3. The molecule has 0 amide bonds. The Bertz CT molecular complexity index is 228. The third-order valence-electron chi connectivity index (χ3n) is 5.01. The molecular formula is C15H31N3. The molecular weight excluding hydrogens is 222 g/mol. The normalized spacial score (nSPS) is 27.5. The first-order chi connectivity index (χ1) is 8.69. The van der Waals surface area contributed by atoms with E-state index in [0.717, 1.165) is 18.4 Å². The Morgan fingerprint density at radius 3 is 2.22 bits per heavy atom. The summed E-state index contributed by atoms with van der Waals surface area (Å²) in [5.41, 5.74) is 5.75. The first-order valence-corrected chi connectivity index (χ1v) is 7.85. The fourth-order valence-electron chi connectivity index (χ4n) is 3.34. The van der Waals surface area contributed by atoms with Crippen LogP contribution in [-0.4, -0.2) is 55.1 Å². The molecule has 1 unspecified atom stereocenters. The lowest BCUT2D eigenvalue weighted by Crippen LogP contribution is -2.46. The zero-order valence-corrected chi connectivity index (χ0v) is 12.3. The number of rotatable bonds is 4. The molecule has 2 N–H and O–H groups in total. The van der Waals surface area contributed by atoms with Crippen molar-refractivity contribution in [1.29, 1.82) is 0 Å². The second-order valence-electron chi connectivity index (χ2n) is 6.55. The van der Waals surface area contributed by atoms with E-state index in [1.54, 1.807) is 0 Å². The van der Waals surface area contributed by atoms with Gasteiger partial charge in [-0.2, -0.15) is 0 Å². The van der Waals surface area contributed by atoms with E-state index in [0.29, 0.717) is 6.04 Å². The van der Waals surface area contributed by atoms with Crippen LogP contribution in [0.2, 0.25) is 0 Å². The summed E-state index contributed by atoms with van der Waals surface area (Å²) in [5, 5.41) is 0. The van der Waals surface area contributed by atoms with Crippen LogP contribution in [0, 0.1) is 11.8 Å². The molecule has 2 fully saturated rings. The highest BCUT2D eigenvalue weighted by Crippen LogP contribution is 2.23. The average Bonchev–Trinajstić information content (AvgIpc) is 2.41. The lowest BCUT2D eigenvalue weighted by Gasteiger charge is -2.39. The molecule has 0 aliphatic carbocycles. The van der Waals surface area contributed by atoms with E-state index in [1.165, 1.54) is 58.4 Å². The predicted octanol–water partition coefficient (Wildman–Crippen LogP) is 1.78. The van der Waals surface area contributed by atoms with Crippen molar-refractivity contribution < 1.29 is 0 Å². The van der Waals surface area contributed by atoms with Crippen molar-refractivity contribution in [3.8, 4) is 0 Å². The van der Waals surface area contributed by atoms with Crippen molar-refractivity contribution in [2.45, 2.75) is 45.6 Å². The van der Waals surface area contributed by atoms with Crippen LogP contribution in [0.25, 0.3) is 0 Å². The zero-order chi connectivity index (χ0) is 13.0. The lowest BCUT2D eigenvalue weighted by atomic mass is 9.93. The van der Waals surface area contributed by atoms with Crippen LogP contribution in [0.3, 0.4) is 0 Å². The summed E-state index contributed by atoms with van der Waals surface area (Å²) in [4.78, 5) is 5.27. The van der Waals surface area contributed by atoms with Gasteiger partial charge in [-0.3, -0.25) is 4.90 Å². The maximum atomic E-state index is 5.75. The summed E-state index contributed by atoms with van der Waals surface area (Å²) in [6.07, 6.45) is 5.55. The number of likely N-dealkylation sites (tertiary alicyclic amines) is 2. The van der Waals surface area contributed by atoms with E-state index < -0.39 is 0 Å². The van der Waals surface area contributed by atoms with Gasteiger partial charge in [0.05, 0.1) is 0 Å². The van der Waals surface area contributed by atoms with Crippen LogP contribution in [0.1, 0.15) is 39.5 Å². The molecule has 2 heterocycles. The van der Waals surface area contributed by atoms with Crippen LogP contribution in [0.4, 0.5) is 0 Å². The molecule has 3 heteroatoms. The van der Waals surface area contributed by atoms with E-state index in [2.05, 4.69) is 23.6 Å². The molecule has 1 atom stereocenters. The summed E-state index contributed by atoms with van der Waals surface area (Å²) in [6.45, 7) is 12.0. The Morgan fingerprint density at radius 1 is 1.06 bits per heavy atom. The summed E-state index contributed by atoms with van der Waals surface area (Å²) in [5.74, 6) is 1.88. The largest absolute Gasteiger partial charge is 0.329 e. The molecule has 0 radical (unpaired) electrons. The molecule has 2 saturated heterocycles. The Morgan fingerprint density at radius 2 is 1.67 bits per heavy atom. The van der Waals surface area contributed by atoms with Gasteiger partial charge in [0.25, 0.3) is 0 Å². The van der Waals surface area contributed by atoms with Gasteiger partial charge >= 0.3 is 0 Å². The summed E-state index contributed by atoms with van der Waals surface area (Å²) in [6, 6.07) is 0.571. The van der Waals surface area contributed by atoms with Crippen molar-refractivity contribution in [1.82, 2.24) is 9.80 Å². The monoisotopic (exact) mass is 253 g/mol. The highest BCUT2D eigenvalue weighted by atomic mass is 15.2. The van der Waals surface area contributed by atoms with Gasteiger partial charge in [0.15, 0.2) is 0 Å². The highest BCUT2D eigenvalue weighted by Gasteiger charge is 2.24. The van der Waals surface area contributed by atoms with E-state index in [-0.39, 0.29) is 0 Å². The first-order valence-electron chi connectivity index (χ1n) is 7.85. The van der Waals surface area contributed by atoms with Gasteiger partial charge < -0.3 is 10.6 Å². The number of piperidine rings is 2. The minimum absolute atomic E-state index is 0.571. The third kappa shape index (κ3) is 3.94. The molecule has 18 heavy (non-hydrogen) atoms. The maximum absolute atomic E-state index is 5.75. The quantitative estimate of drug-likeness (QED) is 0.829. The fourth-order valence-corrected chi connectivity index (χ4v) is 3.34. The van der Waals surface area contributed by atoms with Crippen LogP contribution < -0.4 is 5.73 Å². The SMILES string of the molecule is CC1CCN(CC2CCN(C(C)CN)CC2)CC1. The molecule has 2 rings (SSSR count). The number of hydrogen-bond donors (Lipinski definition) is 1. The molecule has 0 aromatic rings. The van der Waals surface area contributed by atoms with Crippen molar-refractivity contribution in [3.05, 3.63) is 0 Å². The smallest absolute Gasteiger partial charge is 0.0190 e. The molecule has 0 saturated carbocycles. The van der Waals surface area contributed by atoms with Crippen LogP contribution >= 0.6 is 0 Å². The molecule has 0 aromatic carbocycles. The minimum atomic E-state index is 0.571. The number of nitrogens with two attached hydrogens (primary N) is 1. The van der Waals surface area contributed by atoms with Crippen molar-refractivity contribution in [3.63, 3.8) is 0 Å². The highest BCUT2D eigenvalue weighted by molar-refractivity contribution is 4.80. The van der Waals surface area contributed by atoms with Crippen molar-refractivity contribution in [2.24, 2.45) is 17.6 Å². The Balaban J connectivity index is 1.67. The van der Waals surface area contributed by atoms with E-state index in [1.807, 2.05) is 0 Å². The topological polar surface area (TPSA) is 32.5 Å². The molecule has 106 valence electrons. The fraction of sp³-hybridized carbons (Fsp3) is 1.00. The minimum Gasteiger partial charge on any atom is -0.329 e. The van der Waals surface area contributed by atoms with Gasteiger partial charge in [0.1, 0.15) is 0 Å². The summed E-state index contributed by atoms with van der Waals surface area (Å²) < 4.78 is 0. The molecule has 0 spiro atoms. The summed E-state index contributed by atoms with van der Waals surface area (Å²) >= 11 is 0. The van der Waals surface area contributed by atoms with E-state index in [9.17, 15) is 0 Å². The number of nitrogens with zero attached hydrogens (tertiary/aromatic N) is 2. The van der Waals surface area contributed by atoms with Crippen molar-refractivity contribution >= 4 is 0 Å². The lowest BCUT2D eigenvalue weighted by molar-refractivity contribution is 0.104. The second-order valence-corrected chi connectivity index (χ2v) is 6.55. The molecule has 3 nitrogen and oxygen atoms in total. The Labute approximate surface area is 113 Å². The van der Waals surface area contributed by atoms with Crippen molar-refractivity contribution in [2.75, 3.05) is 39.3 Å². The van der Waals surface area contributed by atoms with Crippen LogP contribution in [-0.2, 0) is 0 Å². The second kappa shape index (κ2) is 6.88. The van der Waals surface area contributed by atoms with Gasteiger partial charge in [-0.25, -0.2) is 0 Å². The van der Waals surface area contributed by atoms with Gasteiger partial charge in [-0.05, 0) is 70.6 Å². The van der Waals surface area contributed by atoms with E-state index in [4.69, 9.17) is 5.73 Å². The molecule has 0 bridgehead atoms. The van der Waals surface area contributed by atoms with Crippen LogP contribution in [0.5, 0.6) is 0 Å². The van der Waals surface area contributed by atoms with E-state index >= 15 is 0 Å². The van der Waals surface area contributed by atoms with Gasteiger partial charge in [-0.15, -0.1) is 0 Å². The molecule has 0 aromatic heterocycles. The molecule has 2 aliphatic heterocycles. The maximum Gasteiger partial charge on any atom is 0.0190 e. The Hall–Kier alpha value is -0.120. The Kier molecular flexibility index (Phi) is 5.46. The standard InChI is InChI=1S/C15H31N3/c1-13-3-7-17(8-4-13)12-15-5-9-18(10-6-15)14(2)11-16/h13-15H,3-12,16H2,1-2H3. The average molecular weight is 253 g/mol. The molecule has 2 aliphatic rings. The van der Waals surface area contributed by atoms with Gasteiger partial charge in [-0.1, -0.05) is 6.92 Å². The predicted molar refractivity (Wildman–Crippen MR) is 77.7 cm³/mol. The van der Waals surface area contributed by atoms with Gasteiger partial charge in [0, 0.05) is 19.1 Å². The summed E-state index contributed by atoms with van der Waals surface area (Å²) in [7, 11) is 0. The third-order valence-corrected chi connectivity index (χ3v) is 5.01. The van der Waals surface area contributed by atoms with Crippen LogP contribution in [0.15, 0.2) is 0 Å². The van der Waals surface area contributed by atoms with Gasteiger partial charge in [0.2, 0.25) is 0 Å². The zero-order valence-electron chi connectivity index (χ0n) is 12.3.